The van der Waals surface area contributed by atoms with Crippen molar-refractivity contribution in [3.63, 3.8) is 0 Å². The first-order valence-corrected chi connectivity index (χ1v) is 5.92. The maximum absolute atomic E-state index is 3.63. The molecule has 0 amide bonds. The van der Waals surface area contributed by atoms with Crippen molar-refractivity contribution >= 4 is 0 Å². The average molecular weight is 182 g/mol. The quantitative estimate of drug-likeness (QED) is 0.691. The zero-order valence-corrected chi connectivity index (χ0v) is 8.52. The van der Waals surface area contributed by atoms with Gasteiger partial charge in [0.1, 0.15) is 0 Å². The lowest BCUT2D eigenvalue weighted by Crippen LogP contribution is -2.40. The van der Waals surface area contributed by atoms with Gasteiger partial charge in [0, 0.05) is 12.1 Å². The van der Waals surface area contributed by atoms with Gasteiger partial charge in [-0.25, -0.2) is 0 Å². The van der Waals surface area contributed by atoms with Gasteiger partial charge >= 0.3 is 0 Å². The van der Waals surface area contributed by atoms with Gasteiger partial charge < -0.3 is 10.6 Å². The van der Waals surface area contributed by atoms with E-state index >= 15 is 0 Å². The Kier molecular flexibility index (Phi) is 3.62. The molecule has 1 saturated carbocycles. The highest BCUT2D eigenvalue weighted by Crippen LogP contribution is 2.18. The number of piperidine rings is 1. The van der Waals surface area contributed by atoms with Crippen molar-refractivity contribution in [3.05, 3.63) is 0 Å². The summed E-state index contributed by atoms with van der Waals surface area (Å²) in [6.07, 6.45) is 9.81. The van der Waals surface area contributed by atoms with Gasteiger partial charge in [0.15, 0.2) is 0 Å². The first-order chi connectivity index (χ1) is 6.45. The predicted octanol–water partition coefficient (Wildman–Crippen LogP) is 1.66. The Labute approximate surface area is 81.5 Å². The summed E-state index contributed by atoms with van der Waals surface area (Å²) in [6.45, 7) is 2.47. The molecule has 13 heavy (non-hydrogen) atoms. The van der Waals surface area contributed by atoms with Crippen LogP contribution in [-0.2, 0) is 0 Å². The highest BCUT2D eigenvalue weighted by atomic mass is 15.0. The van der Waals surface area contributed by atoms with E-state index in [9.17, 15) is 0 Å². The Morgan fingerprint density at radius 3 is 2.62 bits per heavy atom. The first kappa shape index (κ1) is 9.47. The van der Waals surface area contributed by atoms with Crippen LogP contribution in [0.25, 0.3) is 0 Å². The molecule has 2 fully saturated rings. The van der Waals surface area contributed by atoms with E-state index in [1.807, 2.05) is 0 Å². The summed E-state index contributed by atoms with van der Waals surface area (Å²) < 4.78 is 0. The van der Waals surface area contributed by atoms with Crippen molar-refractivity contribution in [2.24, 2.45) is 0 Å². The largest absolute Gasteiger partial charge is 0.314 e. The fourth-order valence-corrected chi connectivity index (χ4v) is 2.24. The molecule has 0 spiro atoms. The minimum Gasteiger partial charge on any atom is -0.314 e. The maximum Gasteiger partial charge on any atom is 0.00791 e. The molecule has 1 saturated heterocycles. The van der Waals surface area contributed by atoms with E-state index in [0.29, 0.717) is 0 Å². The summed E-state index contributed by atoms with van der Waals surface area (Å²) in [4.78, 5) is 0. The molecule has 2 heteroatoms. The monoisotopic (exact) mass is 182 g/mol. The van der Waals surface area contributed by atoms with Crippen LogP contribution in [0.1, 0.15) is 44.9 Å². The Morgan fingerprint density at radius 2 is 2.00 bits per heavy atom. The second kappa shape index (κ2) is 4.97. The van der Waals surface area contributed by atoms with Gasteiger partial charge in [-0.1, -0.05) is 12.8 Å². The van der Waals surface area contributed by atoms with Crippen molar-refractivity contribution in [2.75, 3.05) is 13.1 Å². The van der Waals surface area contributed by atoms with Gasteiger partial charge in [-0.15, -0.1) is 0 Å². The second-order valence-electron chi connectivity index (χ2n) is 4.52. The molecule has 0 aromatic rings. The topological polar surface area (TPSA) is 24.1 Å². The fourth-order valence-electron chi connectivity index (χ4n) is 2.24. The van der Waals surface area contributed by atoms with E-state index in [1.54, 1.807) is 0 Å². The predicted molar refractivity (Wildman–Crippen MR) is 55.9 cm³/mol. The molecule has 1 unspecified atom stereocenters. The van der Waals surface area contributed by atoms with E-state index in [4.69, 9.17) is 0 Å². The SMILES string of the molecule is C1CCC(CCNC2CCC2)NC1. The molecular weight excluding hydrogens is 160 g/mol. The molecule has 76 valence electrons. The lowest BCUT2D eigenvalue weighted by atomic mass is 9.93. The molecule has 1 aliphatic carbocycles. The van der Waals surface area contributed by atoms with E-state index in [1.165, 1.54) is 58.0 Å². The molecule has 2 aliphatic rings. The molecule has 1 atom stereocenters. The number of nitrogens with one attached hydrogen (secondary N) is 2. The summed E-state index contributed by atoms with van der Waals surface area (Å²) in [5.74, 6) is 0. The van der Waals surface area contributed by atoms with Crippen molar-refractivity contribution < 1.29 is 0 Å². The van der Waals surface area contributed by atoms with E-state index < -0.39 is 0 Å². The highest BCUT2D eigenvalue weighted by Gasteiger charge is 2.17. The summed E-state index contributed by atoms with van der Waals surface area (Å²) in [7, 11) is 0. The van der Waals surface area contributed by atoms with Crippen LogP contribution in [0.2, 0.25) is 0 Å². The van der Waals surface area contributed by atoms with Crippen LogP contribution in [0.3, 0.4) is 0 Å². The van der Waals surface area contributed by atoms with Crippen LogP contribution in [0, 0.1) is 0 Å². The van der Waals surface area contributed by atoms with Crippen LogP contribution in [-0.4, -0.2) is 25.2 Å². The summed E-state index contributed by atoms with van der Waals surface area (Å²) in [5, 5.41) is 7.22. The van der Waals surface area contributed by atoms with Crippen molar-refractivity contribution in [1.29, 1.82) is 0 Å². The second-order valence-corrected chi connectivity index (χ2v) is 4.52. The fraction of sp³-hybridized carbons (Fsp3) is 1.00. The van der Waals surface area contributed by atoms with E-state index in [-0.39, 0.29) is 0 Å². The summed E-state index contributed by atoms with van der Waals surface area (Å²) >= 11 is 0. The third kappa shape index (κ3) is 2.96. The van der Waals surface area contributed by atoms with E-state index in [2.05, 4.69) is 10.6 Å². The third-order valence-electron chi connectivity index (χ3n) is 3.44. The van der Waals surface area contributed by atoms with Gasteiger partial charge in [-0.3, -0.25) is 0 Å². The number of hydrogen-bond acceptors (Lipinski definition) is 2. The van der Waals surface area contributed by atoms with Gasteiger partial charge in [0.2, 0.25) is 0 Å². The van der Waals surface area contributed by atoms with Gasteiger partial charge in [0.05, 0.1) is 0 Å². The van der Waals surface area contributed by atoms with Crippen LogP contribution in [0.5, 0.6) is 0 Å². The molecule has 0 radical (unpaired) electrons. The molecule has 0 aromatic carbocycles. The minimum atomic E-state index is 0.807. The molecule has 2 rings (SSSR count). The third-order valence-corrected chi connectivity index (χ3v) is 3.44. The van der Waals surface area contributed by atoms with Crippen molar-refractivity contribution in [2.45, 2.75) is 57.0 Å². The van der Waals surface area contributed by atoms with Crippen LogP contribution in [0.15, 0.2) is 0 Å². The summed E-state index contributed by atoms with van der Waals surface area (Å²) in [6, 6.07) is 1.67. The summed E-state index contributed by atoms with van der Waals surface area (Å²) in [5.41, 5.74) is 0. The lowest BCUT2D eigenvalue weighted by Gasteiger charge is -2.28. The van der Waals surface area contributed by atoms with Crippen molar-refractivity contribution in [1.82, 2.24) is 10.6 Å². The highest BCUT2D eigenvalue weighted by molar-refractivity contribution is 4.78. The Morgan fingerprint density at radius 1 is 1.08 bits per heavy atom. The Bertz CT molecular complexity index is 137. The van der Waals surface area contributed by atoms with Crippen molar-refractivity contribution in [3.8, 4) is 0 Å². The molecule has 1 heterocycles. The molecular formula is C11H22N2. The zero-order chi connectivity index (χ0) is 8.93. The lowest BCUT2D eigenvalue weighted by molar-refractivity contribution is 0.316. The number of hydrogen-bond donors (Lipinski definition) is 2. The average Bonchev–Trinajstić information content (AvgIpc) is 2.11. The normalized spacial score (nSPS) is 30.0. The first-order valence-electron chi connectivity index (χ1n) is 5.92. The van der Waals surface area contributed by atoms with E-state index in [0.717, 1.165) is 12.1 Å². The molecule has 0 aromatic heterocycles. The smallest absolute Gasteiger partial charge is 0.00791 e. The molecule has 0 bridgehead atoms. The molecule has 1 aliphatic heterocycles. The van der Waals surface area contributed by atoms with Crippen LogP contribution < -0.4 is 10.6 Å². The van der Waals surface area contributed by atoms with Gasteiger partial charge in [-0.2, -0.15) is 0 Å². The molecule has 2 nitrogen and oxygen atoms in total. The zero-order valence-electron chi connectivity index (χ0n) is 8.52. The van der Waals surface area contributed by atoms with Crippen LogP contribution >= 0.6 is 0 Å². The molecule has 2 N–H and O–H groups in total. The Balaban J connectivity index is 1.50. The number of rotatable bonds is 4. The minimum absolute atomic E-state index is 0.807. The maximum atomic E-state index is 3.63. The van der Waals surface area contributed by atoms with Gasteiger partial charge in [0.25, 0.3) is 0 Å². The Hall–Kier alpha value is -0.0800. The standard InChI is InChI=1S/C11H22N2/c1-2-8-12-11(4-1)7-9-13-10-5-3-6-10/h10-13H,1-9H2. The van der Waals surface area contributed by atoms with Gasteiger partial charge in [-0.05, 0) is 45.2 Å². The van der Waals surface area contributed by atoms with Crippen LogP contribution in [0.4, 0.5) is 0 Å².